The van der Waals surface area contributed by atoms with Crippen molar-refractivity contribution in [3.8, 4) is 0 Å². The van der Waals surface area contributed by atoms with Crippen molar-refractivity contribution >= 4 is 0 Å². The van der Waals surface area contributed by atoms with Crippen LogP contribution >= 0.6 is 0 Å². The Labute approximate surface area is 98.0 Å². The van der Waals surface area contributed by atoms with Crippen molar-refractivity contribution in [3.63, 3.8) is 0 Å². The number of hydrogen-bond acceptors (Lipinski definition) is 2. The van der Waals surface area contributed by atoms with Crippen LogP contribution in [-0.4, -0.2) is 25.8 Å². The highest BCUT2D eigenvalue weighted by Gasteiger charge is 2.24. The van der Waals surface area contributed by atoms with Gasteiger partial charge in [0, 0.05) is 12.6 Å². The normalized spacial score (nSPS) is 22.2. The Hall–Kier alpha value is -0.860. The fraction of sp³-hybridized carbons (Fsp3) is 0.571. The lowest BCUT2D eigenvalue weighted by atomic mass is 9.99. The Morgan fingerprint density at radius 1 is 1.38 bits per heavy atom. The van der Waals surface area contributed by atoms with Crippen LogP contribution in [0.3, 0.4) is 0 Å². The molecule has 1 heterocycles. The van der Waals surface area contributed by atoms with Gasteiger partial charge < -0.3 is 10.1 Å². The number of aryl methyl sites for hydroxylation is 1. The van der Waals surface area contributed by atoms with Gasteiger partial charge in [-0.05, 0) is 38.8 Å². The zero-order valence-electron chi connectivity index (χ0n) is 10.2. The third kappa shape index (κ3) is 2.83. The minimum atomic E-state index is 0.395. The van der Waals surface area contributed by atoms with Crippen molar-refractivity contribution in [2.24, 2.45) is 0 Å². The second kappa shape index (κ2) is 5.46. The quantitative estimate of drug-likeness (QED) is 0.839. The number of rotatable bonds is 4. The molecule has 1 aliphatic heterocycles. The Morgan fingerprint density at radius 2 is 2.12 bits per heavy atom. The molecule has 0 saturated carbocycles. The summed E-state index contributed by atoms with van der Waals surface area (Å²) >= 11 is 0. The van der Waals surface area contributed by atoms with E-state index in [0.717, 1.165) is 13.0 Å². The van der Waals surface area contributed by atoms with E-state index >= 15 is 0 Å². The van der Waals surface area contributed by atoms with Gasteiger partial charge in [0.1, 0.15) is 0 Å². The first kappa shape index (κ1) is 11.6. The monoisotopic (exact) mass is 219 g/mol. The minimum absolute atomic E-state index is 0.395. The molecule has 0 unspecified atom stereocenters. The first-order valence-corrected chi connectivity index (χ1v) is 6.14. The van der Waals surface area contributed by atoms with Gasteiger partial charge in [-0.2, -0.15) is 0 Å². The molecule has 1 aromatic carbocycles. The van der Waals surface area contributed by atoms with Gasteiger partial charge >= 0.3 is 0 Å². The van der Waals surface area contributed by atoms with Crippen LogP contribution in [0, 0.1) is 6.92 Å². The lowest BCUT2D eigenvalue weighted by molar-refractivity contribution is 0.0808. The third-order valence-electron chi connectivity index (χ3n) is 3.36. The molecule has 0 radical (unpaired) electrons. The molecular formula is C14H21NO. The van der Waals surface area contributed by atoms with Crippen LogP contribution in [0.2, 0.25) is 0 Å². The summed E-state index contributed by atoms with van der Waals surface area (Å²) < 4.78 is 5.74. The Balaban J connectivity index is 1.97. The van der Waals surface area contributed by atoms with Gasteiger partial charge in [0.2, 0.25) is 0 Å². The van der Waals surface area contributed by atoms with Crippen molar-refractivity contribution in [2.45, 2.75) is 38.3 Å². The molecule has 2 atom stereocenters. The molecule has 2 heteroatoms. The van der Waals surface area contributed by atoms with E-state index in [1.807, 2.05) is 7.05 Å². The molecule has 1 saturated heterocycles. The predicted molar refractivity (Wildman–Crippen MR) is 66.7 cm³/mol. The average molecular weight is 219 g/mol. The maximum Gasteiger partial charge on any atom is 0.0732 e. The molecular weight excluding hydrogens is 198 g/mol. The largest absolute Gasteiger partial charge is 0.377 e. The predicted octanol–water partition coefficient (Wildman–Crippen LogP) is 2.30. The summed E-state index contributed by atoms with van der Waals surface area (Å²) in [5.74, 6) is 0. The molecule has 0 aromatic heterocycles. The Kier molecular flexibility index (Phi) is 3.97. The van der Waals surface area contributed by atoms with Gasteiger partial charge in [0.05, 0.1) is 6.10 Å². The van der Waals surface area contributed by atoms with Crippen molar-refractivity contribution in [1.29, 1.82) is 0 Å². The van der Waals surface area contributed by atoms with Crippen molar-refractivity contribution in [3.05, 3.63) is 35.4 Å². The summed E-state index contributed by atoms with van der Waals surface area (Å²) in [5, 5.41) is 3.38. The van der Waals surface area contributed by atoms with E-state index in [2.05, 4.69) is 36.5 Å². The number of hydrogen-bond donors (Lipinski definition) is 1. The van der Waals surface area contributed by atoms with Gasteiger partial charge in [-0.1, -0.05) is 29.8 Å². The SMILES string of the molecule is CN[C@@H](Cc1ccc(C)cc1)[C@H]1CCCO1. The number of likely N-dealkylation sites (N-methyl/N-ethyl adjacent to an activating group) is 1. The second-order valence-electron chi connectivity index (χ2n) is 4.64. The van der Waals surface area contributed by atoms with Crippen LogP contribution in [0.25, 0.3) is 0 Å². The molecule has 1 N–H and O–H groups in total. The smallest absolute Gasteiger partial charge is 0.0732 e. The Bertz CT molecular complexity index is 314. The van der Waals surface area contributed by atoms with E-state index in [0.29, 0.717) is 12.1 Å². The topological polar surface area (TPSA) is 21.3 Å². The maximum atomic E-state index is 5.74. The summed E-state index contributed by atoms with van der Waals surface area (Å²) in [6, 6.07) is 9.24. The van der Waals surface area contributed by atoms with Crippen LogP contribution < -0.4 is 5.32 Å². The standard InChI is InChI=1S/C14H21NO/c1-11-5-7-12(8-6-11)10-13(15-2)14-4-3-9-16-14/h5-8,13-15H,3-4,9-10H2,1-2H3/t13-,14+/m0/s1. The van der Waals surface area contributed by atoms with E-state index in [9.17, 15) is 0 Å². The lowest BCUT2D eigenvalue weighted by Gasteiger charge is -2.22. The number of benzene rings is 1. The van der Waals surface area contributed by atoms with Crippen molar-refractivity contribution in [2.75, 3.05) is 13.7 Å². The van der Waals surface area contributed by atoms with E-state index in [1.54, 1.807) is 0 Å². The summed E-state index contributed by atoms with van der Waals surface area (Å²) in [6.07, 6.45) is 3.85. The molecule has 0 spiro atoms. The third-order valence-corrected chi connectivity index (χ3v) is 3.36. The maximum absolute atomic E-state index is 5.74. The van der Waals surface area contributed by atoms with Gasteiger partial charge in [-0.15, -0.1) is 0 Å². The zero-order valence-corrected chi connectivity index (χ0v) is 10.2. The summed E-state index contributed by atoms with van der Waals surface area (Å²) in [5.41, 5.74) is 2.71. The van der Waals surface area contributed by atoms with Crippen LogP contribution in [0.1, 0.15) is 24.0 Å². The molecule has 0 bridgehead atoms. The summed E-state index contributed by atoms with van der Waals surface area (Å²) in [7, 11) is 2.03. The summed E-state index contributed by atoms with van der Waals surface area (Å²) in [4.78, 5) is 0. The number of nitrogens with one attached hydrogen (secondary N) is 1. The second-order valence-corrected chi connectivity index (χ2v) is 4.64. The molecule has 16 heavy (non-hydrogen) atoms. The highest BCUT2D eigenvalue weighted by atomic mass is 16.5. The fourth-order valence-corrected chi connectivity index (χ4v) is 2.32. The minimum Gasteiger partial charge on any atom is -0.377 e. The molecule has 1 aliphatic rings. The highest BCUT2D eigenvalue weighted by molar-refractivity contribution is 5.22. The van der Waals surface area contributed by atoms with Gasteiger partial charge in [-0.25, -0.2) is 0 Å². The van der Waals surface area contributed by atoms with E-state index in [4.69, 9.17) is 4.74 Å². The van der Waals surface area contributed by atoms with E-state index in [-0.39, 0.29) is 0 Å². The lowest BCUT2D eigenvalue weighted by Crippen LogP contribution is -2.39. The molecule has 0 amide bonds. The van der Waals surface area contributed by atoms with Crippen LogP contribution in [0.4, 0.5) is 0 Å². The zero-order chi connectivity index (χ0) is 11.4. The molecule has 2 nitrogen and oxygen atoms in total. The molecule has 1 fully saturated rings. The van der Waals surface area contributed by atoms with Crippen molar-refractivity contribution < 1.29 is 4.74 Å². The molecule has 2 rings (SSSR count). The first-order chi connectivity index (χ1) is 7.79. The molecule has 0 aliphatic carbocycles. The Morgan fingerprint density at radius 3 is 2.69 bits per heavy atom. The fourth-order valence-electron chi connectivity index (χ4n) is 2.32. The first-order valence-electron chi connectivity index (χ1n) is 6.14. The molecule has 1 aromatic rings. The van der Waals surface area contributed by atoms with E-state index in [1.165, 1.54) is 24.0 Å². The van der Waals surface area contributed by atoms with Gasteiger partial charge in [0.15, 0.2) is 0 Å². The van der Waals surface area contributed by atoms with Crippen LogP contribution in [0.5, 0.6) is 0 Å². The van der Waals surface area contributed by atoms with Crippen LogP contribution in [0.15, 0.2) is 24.3 Å². The highest BCUT2D eigenvalue weighted by Crippen LogP contribution is 2.18. The summed E-state index contributed by atoms with van der Waals surface area (Å²) in [6.45, 7) is 3.05. The van der Waals surface area contributed by atoms with Gasteiger partial charge in [0.25, 0.3) is 0 Å². The van der Waals surface area contributed by atoms with Crippen molar-refractivity contribution in [1.82, 2.24) is 5.32 Å². The van der Waals surface area contributed by atoms with E-state index < -0.39 is 0 Å². The molecule has 88 valence electrons. The van der Waals surface area contributed by atoms with Gasteiger partial charge in [-0.3, -0.25) is 0 Å². The van der Waals surface area contributed by atoms with Crippen LogP contribution in [-0.2, 0) is 11.2 Å². The average Bonchev–Trinajstić information content (AvgIpc) is 2.82. The number of ether oxygens (including phenoxy) is 1.